The van der Waals surface area contributed by atoms with E-state index in [-0.39, 0.29) is 5.56 Å². The second kappa shape index (κ2) is 6.80. The van der Waals surface area contributed by atoms with Gasteiger partial charge >= 0.3 is 0 Å². The van der Waals surface area contributed by atoms with Gasteiger partial charge in [-0.2, -0.15) is 0 Å². The first kappa shape index (κ1) is 14.9. The molecule has 0 fully saturated rings. The van der Waals surface area contributed by atoms with Gasteiger partial charge in [-0.3, -0.25) is 4.79 Å². The summed E-state index contributed by atoms with van der Waals surface area (Å²) < 4.78 is 1.64. The zero-order chi connectivity index (χ0) is 14.5. The van der Waals surface area contributed by atoms with Crippen LogP contribution >= 0.6 is 11.8 Å². The van der Waals surface area contributed by atoms with Crippen LogP contribution in [-0.4, -0.2) is 10.8 Å². The summed E-state index contributed by atoms with van der Waals surface area (Å²) in [6.45, 7) is 2.21. The third-order valence-electron chi connectivity index (χ3n) is 3.51. The van der Waals surface area contributed by atoms with E-state index in [1.54, 1.807) is 29.4 Å². The minimum absolute atomic E-state index is 0.0323. The molecule has 0 saturated heterocycles. The molecule has 1 heterocycles. The molecule has 0 N–H and O–H groups in total. The van der Waals surface area contributed by atoms with E-state index >= 15 is 0 Å². The molecule has 0 aliphatic rings. The van der Waals surface area contributed by atoms with Gasteiger partial charge in [-0.1, -0.05) is 19.4 Å². The van der Waals surface area contributed by atoms with Crippen LogP contribution in [0, 0.1) is 0 Å². The van der Waals surface area contributed by atoms with Crippen LogP contribution in [0.3, 0.4) is 0 Å². The first-order valence-electron chi connectivity index (χ1n) is 6.99. The third kappa shape index (κ3) is 3.34. The molecule has 3 heteroatoms. The summed E-state index contributed by atoms with van der Waals surface area (Å²) in [6, 6.07) is 10.2. The van der Waals surface area contributed by atoms with Crippen molar-refractivity contribution in [2.24, 2.45) is 7.05 Å². The van der Waals surface area contributed by atoms with Crippen molar-refractivity contribution in [3.8, 4) is 11.1 Å². The van der Waals surface area contributed by atoms with Crippen molar-refractivity contribution < 1.29 is 0 Å². The van der Waals surface area contributed by atoms with Crippen LogP contribution in [0.4, 0.5) is 0 Å². The summed E-state index contributed by atoms with van der Waals surface area (Å²) in [5.41, 5.74) is 3.77. The van der Waals surface area contributed by atoms with Gasteiger partial charge in [0.15, 0.2) is 0 Å². The Bertz CT molecular complexity index is 646. The van der Waals surface area contributed by atoms with Gasteiger partial charge in [-0.15, -0.1) is 11.8 Å². The molecule has 0 amide bonds. The number of pyridine rings is 1. The number of aromatic nitrogens is 1. The highest BCUT2D eigenvalue weighted by Crippen LogP contribution is 2.29. The van der Waals surface area contributed by atoms with Crippen molar-refractivity contribution in [3.05, 3.63) is 52.4 Å². The lowest BCUT2D eigenvalue weighted by Gasteiger charge is -2.12. The van der Waals surface area contributed by atoms with Crippen LogP contribution in [0.2, 0.25) is 0 Å². The van der Waals surface area contributed by atoms with E-state index in [0.29, 0.717) is 0 Å². The van der Waals surface area contributed by atoms with E-state index in [1.807, 2.05) is 12.3 Å². The number of unbranched alkanes of at least 4 members (excludes halogenated alkanes) is 1. The SMILES string of the molecule is CCCCc1ccc(SC)cc1-c1ccc(=O)n(C)c1. The number of aryl methyl sites for hydroxylation is 2. The molecule has 1 aromatic carbocycles. The molecule has 0 radical (unpaired) electrons. The van der Waals surface area contributed by atoms with E-state index in [0.717, 1.165) is 12.0 Å². The van der Waals surface area contributed by atoms with Gasteiger partial charge in [-0.05, 0) is 54.0 Å². The number of nitrogens with zero attached hydrogens (tertiary/aromatic N) is 1. The molecule has 2 nitrogen and oxygen atoms in total. The molecule has 0 bridgehead atoms. The molecule has 20 heavy (non-hydrogen) atoms. The molecular formula is C17H21NOS. The van der Waals surface area contributed by atoms with Crippen LogP contribution in [0.15, 0.2) is 46.2 Å². The molecule has 1 aromatic heterocycles. The van der Waals surface area contributed by atoms with Gasteiger partial charge in [0.2, 0.25) is 5.56 Å². The highest BCUT2D eigenvalue weighted by molar-refractivity contribution is 7.98. The Morgan fingerprint density at radius 2 is 2.00 bits per heavy atom. The number of benzene rings is 1. The Hall–Kier alpha value is -1.48. The van der Waals surface area contributed by atoms with Crippen molar-refractivity contribution in [2.75, 3.05) is 6.26 Å². The Balaban J connectivity index is 2.50. The predicted octanol–water partition coefficient (Wildman–Crippen LogP) is 4.12. The van der Waals surface area contributed by atoms with Crippen LogP contribution in [0.1, 0.15) is 25.3 Å². The summed E-state index contributed by atoms with van der Waals surface area (Å²) >= 11 is 1.75. The monoisotopic (exact) mass is 287 g/mol. The van der Waals surface area contributed by atoms with Gasteiger partial charge in [0.05, 0.1) is 0 Å². The fourth-order valence-electron chi connectivity index (χ4n) is 2.29. The van der Waals surface area contributed by atoms with Crippen molar-refractivity contribution in [2.45, 2.75) is 31.1 Å². The van der Waals surface area contributed by atoms with Gasteiger partial charge in [0, 0.05) is 24.2 Å². The van der Waals surface area contributed by atoms with E-state index in [2.05, 4.69) is 31.4 Å². The van der Waals surface area contributed by atoms with Crippen LogP contribution < -0.4 is 5.56 Å². The maximum atomic E-state index is 11.5. The molecule has 2 aromatic rings. The van der Waals surface area contributed by atoms with Crippen molar-refractivity contribution in [3.63, 3.8) is 0 Å². The predicted molar refractivity (Wildman–Crippen MR) is 87.5 cm³/mol. The number of hydrogen-bond donors (Lipinski definition) is 0. The average Bonchev–Trinajstić information content (AvgIpc) is 2.48. The average molecular weight is 287 g/mol. The van der Waals surface area contributed by atoms with Crippen LogP contribution in [0.5, 0.6) is 0 Å². The third-order valence-corrected chi connectivity index (χ3v) is 4.24. The quantitative estimate of drug-likeness (QED) is 0.772. The standard InChI is InChI=1S/C17H21NOS/c1-4-5-6-13-7-9-15(20-3)11-16(13)14-8-10-17(19)18(2)12-14/h7-12H,4-6H2,1-3H3. The maximum Gasteiger partial charge on any atom is 0.250 e. The normalized spacial score (nSPS) is 10.8. The van der Waals surface area contributed by atoms with E-state index in [9.17, 15) is 4.79 Å². The number of rotatable bonds is 5. The lowest BCUT2D eigenvalue weighted by atomic mass is 9.97. The summed E-state index contributed by atoms with van der Waals surface area (Å²) in [6.07, 6.45) is 7.49. The summed E-state index contributed by atoms with van der Waals surface area (Å²) in [7, 11) is 1.80. The van der Waals surface area contributed by atoms with E-state index in [1.165, 1.54) is 28.9 Å². The van der Waals surface area contributed by atoms with Crippen LogP contribution in [-0.2, 0) is 13.5 Å². The van der Waals surface area contributed by atoms with E-state index in [4.69, 9.17) is 0 Å². The lowest BCUT2D eigenvalue weighted by molar-refractivity contribution is 0.795. The molecule has 0 atom stereocenters. The first-order valence-corrected chi connectivity index (χ1v) is 8.22. The number of hydrogen-bond acceptors (Lipinski definition) is 2. The largest absolute Gasteiger partial charge is 0.318 e. The second-order valence-corrected chi connectivity index (χ2v) is 5.87. The zero-order valence-corrected chi connectivity index (χ0v) is 13.2. The number of thioether (sulfide) groups is 1. The molecule has 0 spiro atoms. The lowest BCUT2D eigenvalue weighted by Crippen LogP contribution is -2.14. The smallest absolute Gasteiger partial charge is 0.250 e. The zero-order valence-electron chi connectivity index (χ0n) is 12.3. The van der Waals surface area contributed by atoms with Crippen LogP contribution in [0.25, 0.3) is 11.1 Å². The van der Waals surface area contributed by atoms with Crippen molar-refractivity contribution in [1.82, 2.24) is 4.57 Å². The van der Waals surface area contributed by atoms with Gasteiger partial charge in [0.1, 0.15) is 0 Å². The highest BCUT2D eigenvalue weighted by Gasteiger charge is 2.07. The fraction of sp³-hybridized carbons (Fsp3) is 0.353. The maximum absolute atomic E-state index is 11.5. The van der Waals surface area contributed by atoms with Gasteiger partial charge in [-0.25, -0.2) is 0 Å². The van der Waals surface area contributed by atoms with Crippen molar-refractivity contribution >= 4 is 11.8 Å². The summed E-state index contributed by atoms with van der Waals surface area (Å²) in [5.74, 6) is 0. The van der Waals surface area contributed by atoms with Crippen molar-refractivity contribution in [1.29, 1.82) is 0 Å². The van der Waals surface area contributed by atoms with E-state index < -0.39 is 0 Å². The molecule has 0 unspecified atom stereocenters. The molecule has 0 saturated carbocycles. The molecule has 0 aliphatic carbocycles. The minimum Gasteiger partial charge on any atom is -0.318 e. The van der Waals surface area contributed by atoms with Gasteiger partial charge in [0.25, 0.3) is 0 Å². The molecule has 2 rings (SSSR count). The Labute approximate surface area is 124 Å². The Morgan fingerprint density at radius 3 is 2.65 bits per heavy atom. The topological polar surface area (TPSA) is 22.0 Å². The second-order valence-electron chi connectivity index (χ2n) is 4.99. The molecule has 0 aliphatic heterocycles. The molecular weight excluding hydrogens is 266 g/mol. The summed E-state index contributed by atoms with van der Waals surface area (Å²) in [4.78, 5) is 12.8. The fourth-order valence-corrected chi connectivity index (χ4v) is 2.73. The molecule has 106 valence electrons. The minimum atomic E-state index is 0.0323. The first-order chi connectivity index (χ1) is 9.65. The Kier molecular flexibility index (Phi) is 5.07. The Morgan fingerprint density at radius 1 is 1.20 bits per heavy atom. The summed E-state index contributed by atoms with van der Waals surface area (Å²) in [5, 5.41) is 0. The highest BCUT2D eigenvalue weighted by atomic mass is 32.2. The van der Waals surface area contributed by atoms with Gasteiger partial charge < -0.3 is 4.57 Å².